The topological polar surface area (TPSA) is 29.9 Å². The summed E-state index contributed by atoms with van der Waals surface area (Å²) in [6.07, 6.45) is 1.17. The molecule has 0 spiro atoms. The number of nitrogens with zero attached hydrogens (tertiary/aromatic N) is 2. The molecule has 20 heavy (non-hydrogen) atoms. The van der Waals surface area contributed by atoms with E-state index in [1.165, 1.54) is 23.0 Å². The van der Waals surface area contributed by atoms with Gasteiger partial charge in [-0.3, -0.25) is 4.68 Å². The van der Waals surface area contributed by atoms with Gasteiger partial charge in [0.2, 0.25) is 0 Å². The van der Waals surface area contributed by atoms with Crippen molar-refractivity contribution in [3.63, 3.8) is 0 Å². The lowest BCUT2D eigenvalue weighted by molar-refractivity contribution is 0.489. The maximum Gasteiger partial charge on any atom is 0.0841 e. The fourth-order valence-electron chi connectivity index (χ4n) is 2.36. The van der Waals surface area contributed by atoms with Gasteiger partial charge in [0, 0.05) is 18.5 Å². The van der Waals surface area contributed by atoms with Crippen molar-refractivity contribution in [1.29, 1.82) is 0 Å². The molecule has 0 aliphatic carbocycles. The fraction of sp³-hybridized carbons (Fsp3) is 0.588. The normalized spacial score (nSPS) is 11.9. The van der Waals surface area contributed by atoms with E-state index in [4.69, 9.17) is 5.10 Å². The van der Waals surface area contributed by atoms with Gasteiger partial charge in [-0.25, -0.2) is 0 Å². The van der Waals surface area contributed by atoms with E-state index < -0.39 is 0 Å². The molecule has 2 aromatic rings. The number of para-hydroxylation sites is 1. The number of hydrogen-bond acceptors (Lipinski definition) is 2. The number of aryl methyl sites for hydroxylation is 1. The van der Waals surface area contributed by atoms with Crippen LogP contribution in [0.4, 0.5) is 0 Å². The van der Waals surface area contributed by atoms with Gasteiger partial charge in [0.25, 0.3) is 0 Å². The standard InChI is InChI=1S/C17H27N3/c1-13(2)9-10-20-17-8-6-5-7-15(17)16(19-20)12-18-11-14(3)4/h5-8,13-14,18H,9-12H2,1-4H3. The van der Waals surface area contributed by atoms with Gasteiger partial charge in [0.1, 0.15) is 0 Å². The largest absolute Gasteiger partial charge is 0.311 e. The lowest BCUT2D eigenvalue weighted by atomic mass is 10.1. The molecule has 0 aliphatic rings. The molecule has 0 saturated carbocycles. The number of benzene rings is 1. The zero-order chi connectivity index (χ0) is 14.5. The van der Waals surface area contributed by atoms with Crippen molar-refractivity contribution < 1.29 is 0 Å². The number of hydrogen-bond donors (Lipinski definition) is 1. The number of aromatic nitrogens is 2. The Bertz CT molecular complexity index is 540. The average Bonchev–Trinajstić information content (AvgIpc) is 2.75. The molecule has 2 rings (SSSR count). The summed E-state index contributed by atoms with van der Waals surface area (Å²) >= 11 is 0. The van der Waals surface area contributed by atoms with Crippen LogP contribution in [0.1, 0.15) is 39.8 Å². The molecule has 0 radical (unpaired) electrons. The van der Waals surface area contributed by atoms with Crippen LogP contribution in [0, 0.1) is 11.8 Å². The van der Waals surface area contributed by atoms with Crippen LogP contribution in [0.3, 0.4) is 0 Å². The third-order valence-electron chi connectivity index (χ3n) is 3.50. The smallest absolute Gasteiger partial charge is 0.0841 e. The summed E-state index contributed by atoms with van der Waals surface area (Å²) in [5.74, 6) is 1.38. The molecule has 1 heterocycles. The van der Waals surface area contributed by atoms with Crippen LogP contribution in [0.2, 0.25) is 0 Å². The van der Waals surface area contributed by atoms with Crippen molar-refractivity contribution in [1.82, 2.24) is 15.1 Å². The summed E-state index contributed by atoms with van der Waals surface area (Å²) in [6, 6.07) is 8.55. The predicted molar refractivity (Wildman–Crippen MR) is 85.7 cm³/mol. The highest BCUT2D eigenvalue weighted by atomic mass is 15.3. The molecular weight excluding hydrogens is 246 g/mol. The molecular formula is C17H27N3. The molecule has 0 aliphatic heterocycles. The Balaban J connectivity index is 2.17. The molecule has 0 fully saturated rings. The van der Waals surface area contributed by atoms with Gasteiger partial charge in [-0.1, -0.05) is 45.9 Å². The highest BCUT2D eigenvalue weighted by Crippen LogP contribution is 2.19. The zero-order valence-corrected chi connectivity index (χ0v) is 13.2. The van der Waals surface area contributed by atoms with Crippen LogP contribution < -0.4 is 5.32 Å². The summed E-state index contributed by atoms with van der Waals surface area (Å²) in [4.78, 5) is 0. The van der Waals surface area contributed by atoms with Gasteiger partial charge in [-0.05, 0) is 30.9 Å². The third-order valence-corrected chi connectivity index (χ3v) is 3.50. The van der Waals surface area contributed by atoms with Crippen molar-refractivity contribution in [2.75, 3.05) is 6.54 Å². The number of nitrogens with one attached hydrogen (secondary N) is 1. The predicted octanol–water partition coefficient (Wildman–Crippen LogP) is 3.83. The molecule has 0 unspecified atom stereocenters. The van der Waals surface area contributed by atoms with E-state index in [2.05, 4.69) is 62.0 Å². The van der Waals surface area contributed by atoms with E-state index in [0.717, 1.165) is 19.6 Å². The minimum absolute atomic E-state index is 0.671. The second kappa shape index (κ2) is 6.89. The van der Waals surface area contributed by atoms with E-state index >= 15 is 0 Å². The summed E-state index contributed by atoms with van der Waals surface area (Å²) < 4.78 is 2.17. The molecule has 110 valence electrons. The van der Waals surface area contributed by atoms with Crippen LogP contribution in [0.5, 0.6) is 0 Å². The van der Waals surface area contributed by atoms with E-state index in [9.17, 15) is 0 Å². The second-order valence-corrected chi connectivity index (χ2v) is 6.39. The zero-order valence-electron chi connectivity index (χ0n) is 13.2. The Morgan fingerprint density at radius 1 is 1.10 bits per heavy atom. The summed E-state index contributed by atoms with van der Waals surface area (Å²) in [7, 11) is 0. The molecule has 0 saturated heterocycles. The maximum absolute atomic E-state index is 4.81. The molecule has 1 aromatic carbocycles. The van der Waals surface area contributed by atoms with Gasteiger partial charge in [0.15, 0.2) is 0 Å². The van der Waals surface area contributed by atoms with Crippen LogP contribution in [0.25, 0.3) is 10.9 Å². The minimum atomic E-state index is 0.671. The van der Waals surface area contributed by atoms with E-state index in [-0.39, 0.29) is 0 Å². The maximum atomic E-state index is 4.81. The lowest BCUT2D eigenvalue weighted by Gasteiger charge is -2.06. The van der Waals surface area contributed by atoms with Crippen molar-refractivity contribution in [3.05, 3.63) is 30.0 Å². The van der Waals surface area contributed by atoms with Gasteiger partial charge < -0.3 is 5.32 Å². The highest BCUT2D eigenvalue weighted by molar-refractivity contribution is 5.81. The first-order valence-corrected chi connectivity index (χ1v) is 7.73. The molecule has 1 aromatic heterocycles. The van der Waals surface area contributed by atoms with E-state index in [1.807, 2.05) is 0 Å². The van der Waals surface area contributed by atoms with Gasteiger partial charge in [-0.15, -0.1) is 0 Å². The van der Waals surface area contributed by atoms with Gasteiger partial charge in [-0.2, -0.15) is 5.10 Å². The quantitative estimate of drug-likeness (QED) is 0.831. The van der Waals surface area contributed by atoms with Crippen LogP contribution >= 0.6 is 0 Å². The summed E-state index contributed by atoms with van der Waals surface area (Å²) in [5.41, 5.74) is 2.43. The highest BCUT2D eigenvalue weighted by Gasteiger charge is 2.10. The summed E-state index contributed by atoms with van der Waals surface area (Å²) in [6.45, 7) is 11.9. The van der Waals surface area contributed by atoms with Gasteiger partial charge >= 0.3 is 0 Å². The van der Waals surface area contributed by atoms with Gasteiger partial charge in [0.05, 0.1) is 11.2 Å². The lowest BCUT2D eigenvalue weighted by Crippen LogP contribution is -2.19. The first-order valence-electron chi connectivity index (χ1n) is 7.73. The fourth-order valence-corrected chi connectivity index (χ4v) is 2.36. The third kappa shape index (κ3) is 3.83. The summed E-state index contributed by atoms with van der Waals surface area (Å²) in [5, 5.41) is 9.59. The minimum Gasteiger partial charge on any atom is -0.311 e. The Hall–Kier alpha value is -1.35. The van der Waals surface area contributed by atoms with Crippen LogP contribution in [-0.4, -0.2) is 16.3 Å². The second-order valence-electron chi connectivity index (χ2n) is 6.39. The molecule has 0 atom stereocenters. The molecule has 3 nitrogen and oxygen atoms in total. The van der Waals surface area contributed by atoms with E-state index in [0.29, 0.717) is 11.8 Å². The van der Waals surface area contributed by atoms with Crippen molar-refractivity contribution in [2.24, 2.45) is 11.8 Å². The SMILES string of the molecule is CC(C)CCn1nc(CNCC(C)C)c2ccccc21. The van der Waals surface area contributed by atoms with Crippen molar-refractivity contribution in [2.45, 2.75) is 47.2 Å². The van der Waals surface area contributed by atoms with Crippen LogP contribution in [-0.2, 0) is 13.1 Å². The van der Waals surface area contributed by atoms with Crippen molar-refractivity contribution in [3.8, 4) is 0 Å². The van der Waals surface area contributed by atoms with Crippen LogP contribution in [0.15, 0.2) is 24.3 Å². The Morgan fingerprint density at radius 3 is 2.55 bits per heavy atom. The Labute approximate surface area is 122 Å². The average molecular weight is 273 g/mol. The number of rotatable bonds is 7. The first-order chi connectivity index (χ1) is 9.58. The van der Waals surface area contributed by atoms with Crippen molar-refractivity contribution >= 4 is 10.9 Å². The molecule has 0 amide bonds. The number of fused-ring (bicyclic) bond motifs is 1. The molecule has 3 heteroatoms. The van der Waals surface area contributed by atoms with E-state index in [1.54, 1.807) is 0 Å². The molecule has 0 bridgehead atoms. The Kier molecular flexibility index (Phi) is 5.18. The Morgan fingerprint density at radius 2 is 1.85 bits per heavy atom. The molecule has 1 N–H and O–H groups in total. The first kappa shape index (κ1) is 15.0. The monoisotopic (exact) mass is 273 g/mol.